The number of rotatable bonds is 7. The van der Waals surface area contributed by atoms with Crippen molar-refractivity contribution in [1.29, 1.82) is 0 Å². The van der Waals surface area contributed by atoms with Crippen molar-refractivity contribution in [1.82, 2.24) is 14.5 Å². The highest BCUT2D eigenvalue weighted by Gasteiger charge is 2.30. The Hall–Kier alpha value is -3.86. The first-order chi connectivity index (χ1) is 18.9. The molecule has 9 nitrogen and oxygen atoms in total. The number of fused-ring (bicyclic) bond motifs is 1. The van der Waals surface area contributed by atoms with Crippen molar-refractivity contribution in [3.63, 3.8) is 0 Å². The summed E-state index contributed by atoms with van der Waals surface area (Å²) in [5, 5.41) is 1.01. The zero-order valence-corrected chi connectivity index (χ0v) is 24.0. The Bertz CT molecular complexity index is 1790. The highest BCUT2D eigenvalue weighted by atomic mass is 35.5. The number of sulfonamides is 1. The number of anilines is 1. The summed E-state index contributed by atoms with van der Waals surface area (Å²) in [4.78, 5) is 21.3. The van der Waals surface area contributed by atoms with Gasteiger partial charge in [0, 0.05) is 33.4 Å². The Labute approximate surface area is 241 Å². The lowest BCUT2D eigenvalue weighted by molar-refractivity contribution is -0.152. The van der Waals surface area contributed by atoms with Crippen LogP contribution in [0, 0.1) is 0 Å². The second-order valence-electron chi connectivity index (χ2n) is 9.87. The van der Waals surface area contributed by atoms with Gasteiger partial charge in [0.25, 0.3) is 10.0 Å². The molecule has 0 aliphatic carbocycles. The summed E-state index contributed by atoms with van der Waals surface area (Å²) in [6, 6.07) is 14.5. The summed E-state index contributed by atoms with van der Waals surface area (Å²) in [6.07, 6.45) is 6.53. The van der Waals surface area contributed by atoms with Crippen molar-refractivity contribution < 1.29 is 22.4 Å². The lowest BCUT2D eigenvalue weighted by atomic mass is 10.2. The number of carbonyl (C=O) groups is 1. The summed E-state index contributed by atoms with van der Waals surface area (Å²) in [7, 11) is -4.27. The van der Waals surface area contributed by atoms with Crippen molar-refractivity contribution in [3.05, 3.63) is 89.5 Å². The topological polar surface area (TPSA) is 108 Å². The number of pyridine rings is 1. The van der Waals surface area contributed by atoms with Crippen LogP contribution in [0.5, 0.6) is 0 Å². The van der Waals surface area contributed by atoms with Gasteiger partial charge in [0.05, 0.1) is 22.3 Å². The Morgan fingerprint density at radius 2 is 1.75 bits per heavy atom. The van der Waals surface area contributed by atoms with Gasteiger partial charge in [0.1, 0.15) is 24.2 Å². The number of hydrogen-bond donors (Lipinski definition) is 0. The van der Waals surface area contributed by atoms with E-state index in [0.29, 0.717) is 17.1 Å². The van der Waals surface area contributed by atoms with Crippen LogP contribution >= 0.6 is 23.2 Å². The quantitative estimate of drug-likeness (QED) is 0.196. The van der Waals surface area contributed by atoms with E-state index in [-0.39, 0.29) is 20.6 Å². The maximum absolute atomic E-state index is 13.8. The first kappa shape index (κ1) is 27.7. The van der Waals surface area contributed by atoms with Gasteiger partial charge in [-0.1, -0.05) is 23.2 Å². The van der Waals surface area contributed by atoms with E-state index in [4.69, 9.17) is 32.4 Å². The molecule has 0 spiro atoms. The third kappa shape index (κ3) is 5.84. The third-order valence-corrected chi connectivity index (χ3v) is 7.94. The van der Waals surface area contributed by atoms with Crippen LogP contribution in [0.15, 0.2) is 88.8 Å². The lowest BCUT2D eigenvalue weighted by Gasteiger charge is -2.26. The van der Waals surface area contributed by atoms with Gasteiger partial charge in [-0.25, -0.2) is 18.4 Å². The summed E-state index contributed by atoms with van der Waals surface area (Å²) in [6.45, 7) is 4.57. The molecule has 0 N–H and O–H groups in total. The molecule has 40 heavy (non-hydrogen) atoms. The molecular weight excluding hydrogens is 575 g/mol. The molecule has 0 amide bonds. The standard InChI is InChI=1S/C28H24Cl2N4O5S/c1-28(2,3)39-26(35)17-34(40(36,37)23-15-20(29)14-21(30)16-23)22-4-5-24-18(12-22)7-10-33(24)25-13-19(6-8-31-25)27-32-9-11-38-27/h4-16H,17H2,1-3H3. The highest BCUT2D eigenvalue weighted by Crippen LogP contribution is 2.32. The monoisotopic (exact) mass is 598 g/mol. The molecule has 0 aliphatic heterocycles. The Balaban J connectivity index is 1.57. The SMILES string of the molecule is CC(C)(C)OC(=O)CN(c1ccc2c(ccn2-c2cc(-c3ncco3)ccn2)c1)S(=O)(=O)c1cc(Cl)cc(Cl)c1. The van der Waals surface area contributed by atoms with Gasteiger partial charge in [0.15, 0.2) is 0 Å². The fourth-order valence-corrected chi connectivity index (χ4v) is 6.27. The Morgan fingerprint density at radius 1 is 1.00 bits per heavy atom. The zero-order chi connectivity index (χ0) is 28.7. The summed E-state index contributed by atoms with van der Waals surface area (Å²) >= 11 is 12.2. The molecule has 3 heterocycles. The van der Waals surface area contributed by atoms with Crippen LogP contribution in [0.1, 0.15) is 20.8 Å². The molecule has 0 radical (unpaired) electrons. The van der Waals surface area contributed by atoms with Crippen LogP contribution < -0.4 is 4.31 Å². The van der Waals surface area contributed by atoms with E-state index in [1.54, 1.807) is 57.4 Å². The number of oxazole rings is 1. The molecule has 0 saturated heterocycles. The zero-order valence-electron chi connectivity index (χ0n) is 21.7. The van der Waals surface area contributed by atoms with Gasteiger partial charge in [-0.2, -0.15) is 0 Å². The van der Waals surface area contributed by atoms with E-state index in [2.05, 4.69) is 9.97 Å². The number of aromatic nitrogens is 3. The van der Waals surface area contributed by atoms with Crippen LogP contribution in [0.3, 0.4) is 0 Å². The molecule has 3 aromatic heterocycles. The van der Waals surface area contributed by atoms with Gasteiger partial charge in [-0.3, -0.25) is 9.10 Å². The predicted molar refractivity (Wildman–Crippen MR) is 153 cm³/mol. The van der Waals surface area contributed by atoms with Crippen LogP contribution in [0.4, 0.5) is 5.69 Å². The fourth-order valence-electron chi connectivity index (χ4n) is 4.14. The minimum absolute atomic E-state index is 0.148. The van der Waals surface area contributed by atoms with Crippen molar-refractivity contribution in [2.24, 2.45) is 0 Å². The molecule has 5 rings (SSSR count). The molecule has 0 fully saturated rings. The normalized spacial score (nSPS) is 12.0. The van der Waals surface area contributed by atoms with Crippen LogP contribution in [0.2, 0.25) is 10.0 Å². The van der Waals surface area contributed by atoms with E-state index < -0.39 is 28.1 Å². The molecular formula is C28H24Cl2N4O5S. The van der Waals surface area contributed by atoms with Crippen molar-refractivity contribution >= 4 is 55.8 Å². The van der Waals surface area contributed by atoms with Crippen molar-refractivity contribution in [2.45, 2.75) is 31.3 Å². The summed E-state index contributed by atoms with van der Waals surface area (Å²) in [5.74, 6) is 0.367. The second-order valence-corrected chi connectivity index (χ2v) is 12.6. The molecule has 0 atom stereocenters. The Kier molecular flexibility index (Phi) is 7.34. The smallest absolute Gasteiger partial charge is 0.327 e. The molecule has 2 aromatic carbocycles. The van der Waals surface area contributed by atoms with Crippen molar-refractivity contribution in [2.75, 3.05) is 10.8 Å². The number of halogens is 2. The van der Waals surface area contributed by atoms with Crippen LogP contribution in [-0.4, -0.2) is 41.1 Å². The molecule has 206 valence electrons. The molecule has 0 bridgehead atoms. The maximum Gasteiger partial charge on any atom is 0.327 e. The molecule has 5 aromatic rings. The number of esters is 1. The molecule has 0 unspecified atom stereocenters. The number of ether oxygens (including phenoxy) is 1. The molecule has 0 saturated carbocycles. The number of hydrogen-bond acceptors (Lipinski definition) is 7. The average Bonchev–Trinajstić information content (AvgIpc) is 3.56. The van der Waals surface area contributed by atoms with E-state index in [1.165, 1.54) is 24.5 Å². The lowest BCUT2D eigenvalue weighted by Crippen LogP contribution is -2.39. The number of carbonyl (C=O) groups excluding carboxylic acids is 1. The van der Waals surface area contributed by atoms with Crippen molar-refractivity contribution in [3.8, 4) is 17.3 Å². The van der Waals surface area contributed by atoms with E-state index in [0.717, 1.165) is 15.4 Å². The van der Waals surface area contributed by atoms with Gasteiger partial charge in [0.2, 0.25) is 5.89 Å². The minimum atomic E-state index is -4.27. The summed E-state index contributed by atoms with van der Waals surface area (Å²) < 4.78 is 41.3. The van der Waals surface area contributed by atoms with Gasteiger partial charge in [-0.05, 0) is 75.4 Å². The molecule has 0 aliphatic rings. The van der Waals surface area contributed by atoms with Gasteiger partial charge in [-0.15, -0.1) is 0 Å². The van der Waals surface area contributed by atoms with E-state index in [1.807, 2.05) is 22.9 Å². The van der Waals surface area contributed by atoms with Crippen LogP contribution in [-0.2, 0) is 19.6 Å². The first-order valence-electron chi connectivity index (χ1n) is 12.1. The van der Waals surface area contributed by atoms with Gasteiger partial charge >= 0.3 is 5.97 Å². The highest BCUT2D eigenvalue weighted by molar-refractivity contribution is 7.92. The third-order valence-electron chi connectivity index (χ3n) is 5.75. The summed E-state index contributed by atoms with van der Waals surface area (Å²) in [5.41, 5.74) is 0.970. The molecule has 12 heteroatoms. The largest absolute Gasteiger partial charge is 0.459 e. The minimum Gasteiger partial charge on any atom is -0.459 e. The average molecular weight is 599 g/mol. The van der Waals surface area contributed by atoms with E-state index in [9.17, 15) is 13.2 Å². The van der Waals surface area contributed by atoms with Crippen LogP contribution in [0.25, 0.3) is 28.2 Å². The van der Waals surface area contributed by atoms with Gasteiger partial charge < -0.3 is 13.7 Å². The Morgan fingerprint density at radius 3 is 2.42 bits per heavy atom. The first-order valence-corrected chi connectivity index (χ1v) is 14.3. The number of benzene rings is 2. The number of nitrogens with zero attached hydrogens (tertiary/aromatic N) is 4. The van der Waals surface area contributed by atoms with E-state index >= 15 is 0 Å². The fraction of sp³-hybridized carbons (Fsp3) is 0.179. The predicted octanol–water partition coefficient (Wildman–Crippen LogP) is 6.52. The maximum atomic E-state index is 13.8. The second kappa shape index (κ2) is 10.6.